The largest absolute Gasteiger partial charge is 0.481 e. The second-order valence-electron chi connectivity index (χ2n) is 3.95. The van der Waals surface area contributed by atoms with Crippen molar-refractivity contribution in [2.45, 2.75) is 26.2 Å². The van der Waals surface area contributed by atoms with Crippen LogP contribution in [0.4, 0.5) is 5.69 Å². The minimum Gasteiger partial charge on any atom is -0.481 e. The third-order valence-electron chi connectivity index (χ3n) is 2.59. The molecule has 0 aromatic heterocycles. The van der Waals surface area contributed by atoms with E-state index in [0.717, 1.165) is 6.42 Å². The quantitative estimate of drug-likeness (QED) is 0.609. The number of rotatable bonds is 6. The fourth-order valence-corrected chi connectivity index (χ4v) is 1.74. The zero-order chi connectivity index (χ0) is 12.8. The average molecular weight is 237 g/mol. The van der Waals surface area contributed by atoms with E-state index in [1.54, 1.807) is 12.1 Å². The van der Waals surface area contributed by atoms with Gasteiger partial charge in [-0.3, -0.25) is 14.9 Å². The normalized spacial score (nSPS) is 12.1. The van der Waals surface area contributed by atoms with Crippen molar-refractivity contribution in [2.75, 3.05) is 0 Å². The lowest BCUT2D eigenvalue weighted by atomic mass is 9.95. The van der Waals surface area contributed by atoms with Gasteiger partial charge < -0.3 is 5.11 Å². The molecule has 0 amide bonds. The Kier molecular flexibility index (Phi) is 4.63. The predicted molar refractivity (Wildman–Crippen MR) is 62.8 cm³/mol. The Bertz CT molecular complexity index is 417. The van der Waals surface area contributed by atoms with Crippen molar-refractivity contribution in [1.29, 1.82) is 0 Å². The van der Waals surface area contributed by atoms with Gasteiger partial charge in [0.25, 0.3) is 5.69 Å². The highest BCUT2D eigenvalue weighted by Gasteiger charge is 2.17. The van der Waals surface area contributed by atoms with Crippen molar-refractivity contribution < 1.29 is 14.8 Å². The average Bonchev–Trinajstić information content (AvgIpc) is 2.28. The minimum atomic E-state index is -0.849. The van der Waals surface area contributed by atoms with E-state index in [9.17, 15) is 14.9 Å². The molecular weight excluding hydrogens is 222 g/mol. The van der Waals surface area contributed by atoms with Crippen LogP contribution in [0.25, 0.3) is 0 Å². The number of hydrogen-bond donors (Lipinski definition) is 1. The van der Waals surface area contributed by atoms with Crippen LogP contribution in [0, 0.1) is 16.0 Å². The van der Waals surface area contributed by atoms with E-state index in [2.05, 4.69) is 0 Å². The number of aliphatic carboxylic acids is 1. The number of carboxylic acids is 1. The summed E-state index contributed by atoms with van der Waals surface area (Å²) < 4.78 is 0. The first-order chi connectivity index (χ1) is 8.04. The molecule has 1 aromatic rings. The van der Waals surface area contributed by atoms with E-state index in [1.807, 2.05) is 6.92 Å². The Morgan fingerprint density at radius 1 is 1.53 bits per heavy atom. The molecule has 1 N–H and O–H groups in total. The highest BCUT2D eigenvalue weighted by molar-refractivity contribution is 5.70. The highest BCUT2D eigenvalue weighted by atomic mass is 16.6. The van der Waals surface area contributed by atoms with Crippen LogP contribution in [0.2, 0.25) is 0 Å². The van der Waals surface area contributed by atoms with Gasteiger partial charge in [0.1, 0.15) is 0 Å². The van der Waals surface area contributed by atoms with Crippen LogP contribution in [0.3, 0.4) is 0 Å². The van der Waals surface area contributed by atoms with Crippen LogP contribution in [-0.4, -0.2) is 16.0 Å². The molecule has 0 saturated carbocycles. The van der Waals surface area contributed by atoms with Gasteiger partial charge in [0.05, 0.1) is 10.8 Å². The molecule has 17 heavy (non-hydrogen) atoms. The molecule has 5 heteroatoms. The molecule has 1 atom stereocenters. The third-order valence-corrected chi connectivity index (χ3v) is 2.59. The van der Waals surface area contributed by atoms with Crippen molar-refractivity contribution >= 4 is 11.7 Å². The molecule has 0 aliphatic carbocycles. The Morgan fingerprint density at radius 2 is 2.24 bits per heavy atom. The van der Waals surface area contributed by atoms with E-state index in [-0.39, 0.29) is 5.69 Å². The first-order valence-electron chi connectivity index (χ1n) is 5.50. The summed E-state index contributed by atoms with van der Waals surface area (Å²) in [5.41, 5.74) is 0.697. The fourth-order valence-electron chi connectivity index (χ4n) is 1.74. The second-order valence-corrected chi connectivity index (χ2v) is 3.95. The van der Waals surface area contributed by atoms with Crippen LogP contribution in [0.5, 0.6) is 0 Å². The van der Waals surface area contributed by atoms with Gasteiger partial charge in [-0.25, -0.2) is 0 Å². The molecule has 1 aromatic carbocycles. The van der Waals surface area contributed by atoms with Gasteiger partial charge in [0.2, 0.25) is 0 Å². The van der Waals surface area contributed by atoms with E-state index in [0.29, 0.717) is 18.4 Å². The van der Waals surface area contributed by atoms with Crippen LogP contribution in [-0.2, 0) is 11.2 Å². The van der Waals surface area contributed by atoms with Crippen molar-refractivity contribution in [2.24, 2.45) is 5.92 Å². The first kappa shape index (κ1) is 13.2. The smallest absolute Gasteiger partial charge is 0.306 e. The number of carboxylic acid groups (broad SMARTS) is 1. The number of nitro groups is 1. The predicted octanol–water partition coefficient (Wildman–Crippen LogP) is 2.64. The Balaban J connectivity index is 2.82. The summed E-state index contributed by atoms with van der Waals surface area (Å²) in [6, 6.07) is 6.14. The Morgan fingerprint density at radius 3 is 2.76 bits per heavy atom. The number of nitrogens with zero attached hydrogens (tertiary/aromatic N) is 1. The van der Waals surface area contributed by atoms with Crippen LogP contribution >= 0.6 is 0 Å². The Labute approximate surface area is 99.2 Å². The molecule has 0 aliphatic heterocycles. The van der Waals surface area contributed by atoms with Crippen LogP contribution < -0.4 is 0 Å². The zero-order valence-corrected chi connectivity index (χ0v) is 9.63. The molecule has 92 valence electrons. The minimum absolute atomic E-state index is 0.00290. The van der Waals surface area contributed by atoms with Crippen molar-refractivity contribution in [3.8, 4) is 0 Å². The number of hydrogen-bond acceptors (Lipinski definition) is 3. The van der Waals surface area contributed by atoms with Gasteiger partial charge in [0.15, 0.2) is 0 Å². The molecular formula is C12H15NO4. The SMILES string of the molecule is CCC[C@H](Cc1cccc([N+](=O)[O-])c1)C(=O)O. The van der Waals surface area contributed by atoms with E-state index < -0.39 is 16.8 Å². The van der Waals surface area contributed by atoms with Gasteiger partial charge in [-0.2, -0.15) is 0 Å². The number of carbonyl (C=O) groups is 1. The maximum Gasteiger partial charge on any atom is 0.306 e. The molecule has 0 bridgehead atoms. The van der Waals surface area contributed by atoms with E-state index in [4.69, 9.17) is 5.11 Å². The third kappa shape index (κ3) is 3.86. The lowest BCUT2D eigenvalue weighted by molar-refractivity contribution is -0.384. The maximum absolute atomic E-state index is 11.0. The molecule has 0 spiro atoms. The second kappa shape index (κ2) is 5.98. The lowest BCUT2D eigenvalue weighted by Gasteiger charge is -2.10. The summed E-state index contributed by atoms with van der Waals surface area (Å²) in [6.45, 7) is 1.92. The fraction of sp³-hybridized carbons (Fsp3) is 0.417. The lowest BCUT2D eigenvalue weighted by Crippen LogP contribution is -2.16. The van der Waals surface area contributed by atoms with Gasteiger partial charge in [0, 0.05) is 12.1 Å². The first-order valence-corrected chi connectivity index (χ1v) is 5.50. The molecule has 0 unspecified atom stereocenters. The number of benzene rings is 1. The molecule has 5 nitrogen and oxygen atoms in total. The van der Waals surface area contributed by atoms with Crippen molar-refractivity contribution in [1.82, 2.24) is 0 Å². The summed E-state index contributed by atoms with van der Waals surface area (Å²) in [7, 11) is 0. The number of non-ortho nitro benzene ring substituents is 1. The van der Waals surface area contributed by atoms with Gasteiger partial charge in [-0.15, -0.1) is 0 Å². The summed E-state index contributed by atoms with van der Waals surface area (Å²) in [5, 5.41) is 19.6. The molecule has 0 aliphatic rings. The monoisotopic (exact) mass is 237 g/mol. The summed E-state index contributed by atoms with van der Waals surface area (Å²) >= 11 is 0. The highest BCUT2D eigenvalue weighted by Crippen LogP contribution is 2.18. The maximum atomic E-state index is 11.0. The van der Waals surface area contributed by atoms with Crippen LogP contribution in [0.1, 0.15) is 25.3 Å². The van der Waals surface area contributed by atoms with Crippen molar-refractivity contribution in [3.05, 3.63) is 39.9 Å². The summed E-state index contributed by atoms with van der Waals surface area (Å²) in [6.07, 6.45) is 1.70. The molecule has 0 heterocycles. The molecule has 0 radical (unpaired) electrons. The van der Waals surface area contributed by atoms with Gasteiger partial charge in [-0.05, 0) is 18.4 Å². The van der Waals surface area contributed by atoms with E-state index >= 15 is 0 Å². The standard InChI is InChI=1S/C12H15NO4/c1-2-4-10(12(14)15)7-9-5-3-6-11(8-9)13(16)17/h3,5-6,8,10H,2,4,7H2,1H3,(H,14,15)/t10-/m1/s1. The molecule has 0 fully saturated rings. The van der Waals surface area contributed by atoms with Gasteiger partial charge >= 0.3 is 5.97 Å². The summed E-state index contributed by atoms with van der Waals surface area (Å²) in [4.78, 5) is 21.1. The molecule has 0 saturated heterocycles. The Hall–Kier alpha value is -1.91. The zero-order valence-electron chi connectivity index (χ0n) is 9.63. The summed E-state index contributed by atoms with van der Waals surface area (Å²) in [5.74, 6) is -1.32. The number of nitro benzene ring substituents is 1. The van der Waals surface area contributed by atoms with Crippen LogP contribution in [0.15, 0.2) is 24.3 Å². The topological polar surface area (TPSA) is 80.4 Å². The molecule has 1 rings (SSSR count). The van der Waals surface area contributed by atoms with Gasteiger partial charge in [-0.1, -0.05) is 25.5 Å². The van der Waals surface area contributed by atoms with Crippen molar-refractivity contribution in [3.63, 3.8) is 0 Å². The van der Waals surface area contributed by atoms with E-state index in [1.165, 1.54) is 12.1 Å².